The number of aryl methyl sites for hydroxylation is 1. The van der Waals surface area contributed by atoms with Crippen molar-refractivity contribution in [3.8, 4) is 0 Å². The fourth-order valence-electron chi connectivity index (χ4n) is 3.02. The number of carbonyl (C=O) groups is 1. The van der Waals surface area contributed by atoms with Gasteiger partial charge in [0.1, 0.15) is 0 Å². The van der Waals surface area contributed by atoms with Crippen molar-refractivity contribution in [1.82, 2.24) is 9.88 Å². The highest BCUT2D eigenvalue weighted by molar-refractivity contribution is 5.78. The molecule has 0 N–H and O–H groups in total. The van der Waals surface area contributed by atoms with E-state index in [0.29, 0.717) is 11.8 Å². The Bertz CT molecular complexity index is 497. The summed E-state index contributed by atoms with van der Waals surface area (Å²) in [6.07, 6.45) is 3.80. The molecule has 0 radical (unpaired) electrons. The fraction of sp³-hybridized carbons (Fsp3) is 0.600. The number of nitrogens with zero attached hydrogens (tertiary/aromatic N) is 2. The van der Waals surface area contributed by atoms with Gasteiger partial charge in [0.15, 0.2) is 0 Å². The van der Waals surface area contributed by atoms with E-state index in [4.69, 9.17) is 0 Å². The van der Waals surface area contributed by atoms with Gasteiger partial charge >= 0.3 is 0 Å². The molecule has 1 aromatic heterocycles. The van der Waals surface area contributed by atoms with Crippen molar-refractivity contribution in [3.05, 3.63) is 29.1 Å². The molecule has 0 bridgehead atoms. The van der Waals surface area contributed by atoms with Crippen LogP contribution in [-0.4, -0.2) is 15.8 Å². The van der Waals surface area contributed by atoms with E-state index in [9.17, 15) is 4.79 Å². The third-order valence-corrected chi connectivity index (χ3v) is 4.59. The Kier molecular flexibility index (Phi) is 2.65. The second-order valence-corrected chi connectivity index (χ2v) is 5.84. The summed E-state index contributed by atoms with van der Waals surface area (Å²) in [6.45, 7) is 7.13. The largest absolute Gasteiger partial charge is 0.332 e. The molecule has 1 aromatic rings. The Morgan fingerprint density at radius 2 is 2.22 bits per heavy atom. The minimum atomic E-state index is 0.211. The Morgan fingerprint density at radius 1 is 1.50 bits per heavy atom. The van der Waals surface area contributed by atoms with E-state index in [0.717, 1.165) is 24.6 Å². The molecule has 1 amide bonds. The average molecular weight is 244 g/mol. The number of carbonyl (C=O) groups excluding carboxylic acids is 1. The van der Waals surface area contributed by atoms with E-state index < -0.39 is 0 Å². The van der Waals surface area contributed by atoms with Crippen LogP contribution in [-0.2, 0) is 11.3 Å². The molecule has 2 heterocycles. The van der Waals surface area contributed by atoms with Gasteiger partial charge in [0.05, 0.1) is 6.04 Å². The number of hydrogen-bond donors (Lipinski definition) is 0. The van der Waals surface area contributed by atoms with Gasteiger partial charge in [-0.2, -0.15) is 0 Å². The molecular weight excluding hydrogens is 224 g/mol. The first kappa shape index (κ1) is 11.7. The van der Waals surface area contributed by atoms with Crippen molar-refractivity contribution < 1.29 is 4.79 Å². The van der Waals surface area contributed by atoms with Gasteiger partial charge in [0.25, 0.3) is 0 Å². The quantitative estimate of drug-likeness (QED) is 0.801. The average Bonchev–Trinajstić information content (AvgIpc) is 2.89. The first-order valence-corrected chi connectivity index (χ1v) is 6.81. The molecule has 1 saturated carbocycles. The number of amides is 1. The zero-order valence-electron chi connectivity index (χ0n) is 11.3. The molecule has 3 rings (SSSR count). The van der Waals surface area contributed by atoms with E-state index in [1.165, 1.54) is 17.5 Å². The first-order valence-electron chi connectivity index (χ1n) is 6.81. The molecule has 0 spiro atoms. The fourth-order valence-corrected chi connectivity index (χ4v) is 3.02. The highest BCUT2D eigenvalue weighted by Crippen LogP contribution is 2.42. The zero-order chi connectivity index (χ0) is 12.9. The second-order valence-electron chi connectivity index (χ2n) is 5.84. The number of hydrogen-bond acceptors (Lipinski definition) is 2. The zero-order valence-corrected chi connectivity index (χ0v) is 11.3. The lowest BCUT2D eigenvalue weighted by atomic mass is 10.1. The summed E-state index contributed by atoms with van der Waals surface area (Å²) < 4.78 is 0. The first-order chi connectivity index (χ1) is 8.58. The van der Waals surface area contributed by atoms with Crippen LogP contribution in [0.1, 0.15) is 49.6 Å². The molecule has 18 heavy (non-hydrogen) atoms. The van der Waals surface area contributed by atoms with Gasteiger partial charge < -0.3 is 4.90 Å². The van der Waals surface area contributed by atoms with Crippen LogP contribution in [0.15, 0.2) is 12.3 Å². The molecule has 2 aliphatic rings. The smallest absolute Gasteiger partial charge is 0.223 e. The van der Waals surface area contributed by atoms with Crippen molar-refractivity contribution in [2.75, 3.05) is 0 Å². The summed E-state index contributed by atoms with van der Waals surface area (Å²) in [5, 5.41) is 0. The number of rotatable bonds is 2. The van der Waals surface area contributed by atoms with E-state index in [-0.39, 0.29) is 6.04 Å². The topological polar surface area (TPSA) is 33.2 Å². The van der Waals surface area contributed by atoms with Crippen LogP contribution in [0.25, 0.3) is 0 Å². The predicted molar refractivity (Wildman–Crippen MR) is 69.8 cm³/mol. The molecule has 1 fully saturated rings. The molecular formula is C15H20N2O. The maximum absolute atomic E-state index is 12.3. The van der Waals surface area contributed by atoms with E-state index in [1.54, 1.807) is 0 Å². The van der Waals surface area contributed by atoms with Crippen molar-refractivity contribution in [2.45, 2.75) is 46.2 Å². The summed E-state index contributed by atoms with van der Waals surface area (Å²) in [6, 6.07) is 2.27. The molecule has 3 atom stereocenters. The Hall–Kier alpha value is -1.38. The van der Waals surface area contributed by atoms with Crippen molar-refractivity contribution in [2.24, 2.45) is 11.8 Å². The Labute approximate surface area is 108 Å². The van der Waals surface area contributed by atoms with Crippen LogP contribution in [0.2, 0.25) is 0 Å². The summed E-state index contributed by atoms with van der Waals surface area (Å²) >= 11 is 0. The minimum Gasteiger partial charge on any atom is -0.332 e. The number of fused-ring (bicyclic) bond motifs is 1. The molecule has 0 aromatic carbocycles. The van der Waals surface area contributed by atoms with Gasteiger partial charge in [-0.3, -0.25) is 9.78 Å². The van der Waals surface area contributed by atoms with Crippen molar-refractivity contribution in [3.63, 3.8) is 0 Å². The molecule has 3 unspecified atom stereocenters. The van der Waals surface area contributed by atoms with Crippen molar-refractivity contribution >= 4 is 5.91 Å². The van der Waals surface area contributed by atoms with Crippen LogP contribution >= 0.6 is 0 Å². The minimum absolute atomic E-state index is 0.211. The van der Waals surface area contributed by atoms with Gasteiger partial charge in [-0.05, 0) is 49.3 Å². The molecule has 96 valence electrons. The molecule has 1 aliphatic heterocycles. The number of aromatic nitrogens is 1. The standard InChI is InChI=1S/C15H20N2O/c1-9-6-12(9)7-15(18)17-8-14-10(2)16-5-4-13(14)11(17)3/h4-5,9,11-12H,6-8H2,1-3H3. The second kappa shape index (κ2) is 4.08. The van der Waals surface area contributed by atoms with Crippen LogP contribution in [0.5, 0.6) is 0 Å². The lowest BCUT2D eigenvalue weighted by Gasteiger charge is -2.22. The lowest BCUT2D eigenvalue weighted by molar-refractivity contribution is -0.133. The normalized spacial score (nSPS) is 29.3. The third kappa shape index (κ3) is 1.82. The summed E-state index contributed by atoms with van der Waals surface area (Å²) in [4.78, 5) is 18.7. The van der Waals surface area contributed by atoms with E-state index in [2.05, 4.69) is 24.9 Å². The summed E-state index contributed by atoms with van der Waals surface area (Å²) in [5.74, 6) is 1.69. The Balaban J connectivity index is 1.77. The van der Waals surface area contributed by atoms with E-state index >= 15 is 0 Å². The van der Waals surface area contributed by atoms with Crippen molar-refractivity contribution in [1.29, 1.82) is 0 Å². The summed E-state index contributed by atoms with van der Waals surface area (Å²) in [7, 11) is 0. The SMILES string of the molecule is Cc1nccc2c1CN(C(=O)CC1CC1C)C2C. The predicted octanol–water partition coefficient (Wildman–Crippen LogP) is 2.84. The van der Waals surface area contributed by atoms with Crippen LogP contribution < -0.4 is 0 Å². The molecule has 3 nitrogen and oxygen atoms in total. The maximum Gasteiger partial charge on any atom is 0.223 e. The van der Waals surface area contributed by atoms with Crippen LogP contribution in [0.4, 0.5) is 0 Å². The van der Waals surface area contributed by atoms with Gasteiger partial charge in [-0.15, -0.1) is 0 Å². The van der Waals surface area contributed by atoms with Gasteiger partial charge in [0, 0.05) is 24.9 Å². The highest BCUT2D eigenvalue weighted by atomic mass is 16.2. The maximum atomic E-state index is 12.3. The van der Waals surface area contributed by atoms with Gasteiger partial charge in [-0.1, -0.05) is 6.92 Å². The van der Waals surface area contributed by atoms with Crippen LogP contribution in [0.3, 0.4) is 0 Å². The molecule has 1 aliphatic carbocycles. The highest BCUT2D eigenvalue weighted by Gasteiger charge is 2.38. The molecule has 0 saturated heterocycles. The lowest BCUT2D eigenvalue weighted by Crippen LogP contribution is -2.28. The third-order valence-electron chi connectivity index (χ3n) is 4.59. The van der Waals surface area contributed by atoms with E-state index in [1.807, 2.05) is 18.0 Å². The Morgan fingerprint density at radius 3 is 2.83 bits per heavy atom. The monoisotopic (exact) mass is 244 g/mol. The van der Waals surface area contributed by atoms with Crippen LogP contribution in [0, 0.1) is 18.8 Å². The van der Waals surface area contributed by atoms with Gasteiger partial charge in [0.2, 0.25) is 5.91 Å². The number of pyridine rings is 1. The summed E-state index contributed by atoms with van der Waals surface area (Å²) in [5.41, 5.74) is 3.59. The molecule has 3 heteroatoms. The van der Waals surface area contributed by atoms with Gasteiger partial charge in [-0.25, -0.2) is 0 Å².